The van der Waals surface area contributed by atoms with Crippen LogP contribution in [0.15, 0.2) is 60.7 Å². The van der Waals surface area contributed by atoms with E-state index in [1.54, 1.807) is 0 Å². The molecule has 0 unspecified atom stereocenters. The zero-order valence-corrected chi connectivity index (χ0v) is 13.4. The van der Waals surface area contributed by atoms with Crippen LogP contribution in [0, 0.1) is 0 Å². The van der Waals surface area contributed by atoms with E-state index in [0.29, 0.717) is 5.75 Å². The van der Waals surface area contributed by atoms with Crippen molar-refractivity contribution in [1.29, 1.82) is 0 Å². The van der Waals surface area contributed by atoms with Crippen molar-refractivity contribution in [2.24, 2.45) is 0 Å². The second-order valence-electron chi connectivity index (χ2n) is 5.85. The summed E-state index contributed by atoms with van der Waals surface area (Å²) in [7, 11) is 2.08. The molecule has 0 radical (unpaired) electrons. The van der Waals surface area contributed by atoms with Gasteiger partial charge in [-0.2, -0.15) is 0 Å². The second kappa shape index (κ2) is 7.29. The molecule has 4 heteroatoms. The number of rotatable bonds is 4. The fourth-order valence-corrected chi connectivity index (χ4v) is 2.72. The number of para-hydroxylation sites is 1. The van der Waals surface area contributed by atoms with E-state index < -0.39 is 6.10 Å². The SMILES string of the molecule is CN1CCN(C(=O)[C@H](Oc2ccccc2)c2ccccc2)CC1. The maximum atomic E-state index is 13.0. The van der Waals surface area contributed by atoms with Crippen molar-refractivity contribution >= 4 is 5.91 Å². The van der Waals surface area contributed by atoms with Crippen molar-refractivity contribution in [3.63, 3.8) is 0 Å². The van der Waals surface area contributed by atoms with E-state index in [0.717, 1.165) is 31.7 Å². The molecular weight excluding hydrogens is 288 g/mol. The predicted molar refractivity (Wildman–Crippen MR) is 90.3 cm³/mol. The minimum atomic E-state index is -0.595. The van der Waals surface area contributed by atoms with Gasteiger partial charge in [0.25, 0.3) is 5.91 Å². The van der Waals surface area contributed by atoms with E-state index in [4.69, 9.17) is 4.74 Å². The molecule has 1 aliphatic rings. The lowest BCUT2D eigenvalue weighted by Crippen LogP contribution is -2.49. The molecule has 2 aromatic carbocycles. The first-order chi connectivity index (χ1) is 11.2. The summed E-state index contributed by atoms with van der Waals surface area (Å²) in [6.45, 7) is 3.30. The van der Waals surface area contributed by atoms with Crippen LogP contribution in [0.25, 0.3) is 0 Å². The average Bonchev–Trinajstić information content (AvgIpc) is 2.61. The lowest BCUT2D eigenvalue weighted by molar-refractivity contribution is -0.140. The van der Waals surface area contributed by atoms with E-state index in [2.05, 4.69) is 11.9 Å². The Bertz CT molecular complexity index is 622. The molecule has 23 heavy (non-hydrogen) atoms. The van der Waals surface area contributed by atoms with E-state index >= 15 is 0 Å². The molecule has 4 nitrogen and oxygen atoms in total. The highest BCUT2D eigenvalue weighted by molar-refractivity contribution is 5.82. The Hall–Kier alpha value is -2.33. The maximum absolute atomic E-state index is 13.0. The molecule has 0 bridgehead atoms. The van der Waals surface area contributed by atoms with Gasteiger partial charge in [-0.1, -0.05) is 48.5 Å². The largest absolute Gasteiger partial charge is 0.476 e. The van der Waals surface area contributed by atoms with Crippen LogP contribution in [-0.4, -0.2) is 48.9 Å². The van der Waals surface area contributed by atoms with Crippen LogP contribution >= 0.6 is 0 Å². The third-order valence-corrected chi connectivity index (χ3v) is 4.14. The fraction of sp³-hybridized carbons (Fsp3) is 0.316. The van der Waals surface area contributed by atoms with Crippen LogP contribution in [0.2, 0.25) is 0 Å². The lowest BCUT2D eigenvalue weighted by atomic mass is 10.1. The number of piperazine rings is 1. The summed E-state index contributed by atoms with van der Waals surface area (Å²) in [4.78, 5) is 17.1. The number of carbonyl (C=O) groups is 1. The van der Waals surface area contributed by atoms with Gasteiger partial charge < -0.3 is 14.5 Å². The van der Waals surface area contributed by atoms with E-state index in [-0.39, 0.29) is 5.91 Å². The van der Waals surface area contributed by atoms with Gasteiger partial charge in [0.05, 0.1) is 0 Å². The summed E-state index contributed by atoms with van der Waals surface area (Å²) >= 11 is 0. The summed E-state index contributed by atoms with van der Waals surface area (Å²) < 4.78 is 6.04. The Kier molecular flexibility index (Phi) is 4.93. The zero-order valence-electron chi connectivity index (χ0n) is 13.4. The van der Waals surface area contributed by atoms with E-state index in [9.17, 15) is 4.79 Å². The molecule has 1 atom stereocenters. The molecule has 0 aromatic heterocycles. The van der Waals surface area contributed by atoms with Crippen LogP contribution in [0.1, 0.15) is 11.7 Å². The number of benzene rings is 2. The van der Waals surface area contributed by atoms with Crippen LogP contribution in [0.5, 0.6) is 5.75 Å². The van der Waals surface area contributed by atoms with Crippen molar-refractivity contribution in [1.82, 2.24) is 9.80 Å². The van der Waals surface area contributed by atoms with Gasteiger partial charge in [0.1, 0.15) is 5.75 Å². The van der Waals surface area contributed by atoms with E-state index in [1.807, 2.05) is 65.6 Å². The van der Waals surface area contributed by atoms with Crippen molar-refractivity contribution in [3.8, 4) is 5.75 Å². The first-order valence-corrected chi connectivity index (χ1v) is 7.98. The zero-order chi connectivity index (χ0) is 16.1. The molecule has 1 saturated heterocycles. The third-order valence-electron chi connectivity index (χ3n) is 4.14. The molecule has 120 valence electrons. The minimum absolute atomic E-state index is 0.0353. The number of hydrogen-bond donors (Lipinski definition) is 0. The Morgan fingerprint density at radius 1 is 0.913 bits per heavy atom. The monoisotopic (exact) mass is 310 g/mol. The first kappa shape index (κ1) is 15.6. The number of hydrogen-bond acceptors (Lipinski definition) is 3. The van der Waals surface area contributed by atoms with Crippen molar-refractivity contribution in [3.05, 3.63) is 66.2 Å². The van der Waals surface area contributed by atoms with Crippen LogP contribution in [-0.2, 0) is 4.79 Å². The number of likely N-dealkylation sites (N-methyl/N-ethyl adjacent to an activating group) is 1. The smallest absolute Gasteiger partial charge is 0.268 e. The van der Waals surface area contributed by atoms with Crippen molar-refractivity contribution in [2.45, 2.75) is 6.10 Å². The van der Waals surface area contributed by atoms with Crippen molar-refractivity contribution in [2.75, 3.05) is 33.2 Å². The molecule has 1 fully saturated rings. The molecule has 2 aromatic rings. The van der Waals surface area contributed by atoms with Crippen LogP contribution < -0.4 is 4.74 Å². The topological polar surface area (TPSA) is 32.8 Å². The van der Waals surface area contributed by atoms with E-state index in [1.165, 1.54) is 0 Å². The minimum Gasteiger partial charge on any atom is -0.476 e. The van der Waals surface area contributed by atoms with Gasteiger partial charge in [0.15, 0.2) is 0 Å². The van der Waals surface area contributed by atoms with Gasteiger partial charge in [0, 0.05) is 31.7 Å². The highest BCUT2D eigenvalue weighted by Gasteiger charge is 2.29. The van der Waals surface area contributed by atoms with Gasteiger partial charge in [-0.05, 0) is 19.2 Å². The molecule has 0 aliphatic carbocycles. The predicted octanol–water partition coefficient (Wildman–Crippen LogP) is 2.58. The normalized spacial score (nSPS) is 16.8. The van der Waals surface area contributed by atoms with Gasteiger partial charge in [-0.25, -0.2) is 0 Å². The Labute approximate surface area is 137 Å². The highest BCUT2D eigenvalue weighted by atomic mass is 16.5. The van der Waals surface area contributed by atoms with Gasteiger partial charge in [0.2, 0.25) is 6.10 Å². The average molecular weight is 310 g/mol. The highest BCUT2D eigenvalue weighted by Crippen LogP contribution is 2.24. The van der Waals surface area contributed by atoms with Gasteiger partial charge >= 0.3 is 0 Å². The lowest BCUT2D eigenvalue weighted by Gasteiger charge is -2.34. The first-order valence-electron chi connectivity index (χ1n) is 7.98. The number of amides is 1. The van der Waals surface area contributed by atoms with Crippen LogP contribution in [0.4, 0.5) is 0 Å². The molecule has 0 N–H and O–H groups in total. The number of ether oxygens (including phenoxy) is 1. The standard InChI is InChI=1S/C19H22N2O2/c1-20-12-14-21(15-13-20)19(22)18(16-8-4-2-5-9-16)23-17-10-6-3-7-11-17/h2-11,18H,12-15H2,1H3/t18-/m1/s1. The molecule has 1 aliphatic heterocycles. The maximum Gasteiger partial charge on any atom is 0.268 e. The van der Waals surface area contributed by atoms with Crippen LogP contribution in [0.3, 0.4) is 0 Å². The summed E-state index contributed by atoms with van der Waals surface area (Å²) in [5.74, 6) is 0.747. The quantitative estimate of drug-likeness (QED) is 0.870. The second-order valence-corrected chi connectivity index (χ2v) is 5.85. The van der Waals surface area contributed by atoms with Crippen molar-refractivity contribution < 1.29 is 9.53 Å². The summed E-state index contributed by atoms with van der Waals surface area (Å²) in [6, 6.07) is 19.2. The molecular formula is C19H22N2O2. The summed E-state index contributed by atoms with van der Waals surface area (Å²) in [5.41, 5.74) is 0.889. The third kappa shape index (κ3) is 3.90. The summed E-state index contributed by atoms with van der Waals surface area (Å²) in [5, 5.41) is 0. The Morgan fingerprint density at radius 3 is 2.09 bits per heavy atom. The number of carbonyl (C=O) groups excluding carboxylic acids is 1. The molecule has 1 heterocycles. The molecule has 0 spiro atoms. The van der Waals surface area contributed by atoms with Gasteiger partial charge in [-0.15, -0.1) is 0 Å². The molecule has 1 amide bonds. The number of nitrogens with zero attached hydrogens (tertiary/aromatic N) is 2. The molecule has 3 rings (SSSR count). The van der Waals surface area contributed by atoms with Gasteiger partial charge in [-0.3, -0.25) is 4.79 Å². The summed E-state index contributed by atoms with van der Waals surface area (Å²) in [6.07, 6.45) is -0.595. The fourth-order valence-electron chi connectivity index (χ4n) is 2.72. The Balaban J connectivity index is 1.81. The molecule has 0 saturated carbocycles. The Morgan fingerprint density at radius 2 is 1.48 bits per heavy atom.